The first kappa shape index (κ1) is 17.9. The molecule has 3 aromatic rings. The molecule has 0 aliphatic rings. The van der Waals surface area contributed by atoms with Gasteiger partial charge in [0, 0.05) is 18.0 Å². The Morgan fingerprint density at radius 2 is 1.92 bits per heavy atom. The maximum atomic E-state index is 9.42. The molecular formula is C15H16BIN4O4. The van der Waals surface area contributed by atoms with Crippen molar-refractivity contribution < 1.29 is 19.5 Å². The summed E-state index contributed by atoms with van der Waals surface area (Å²) in [6, 6.07) is 3.58. The molecule has 0 spiro atoms. The Morgan fingerprint density at radius 3 is 2.60 bits per heavy atom. The molecule has 2 N–H and O–H groups in total. The quantitative estimate of drug-likeness (QED) is 0.435. The zero-order valence-corrected chi connectivity index (χ0v) is 16.0. The van der Waals surface area contributed by atoms with Gasteiger partial charge in [0.1, 0.15) is 16.0 Å². The van der Waals surface area contributed by atoms with E-state index in [1.807, 2.05) is 13.0 Å². The van der Waals surface area contributed by atoms with Crippen LogP contribution >= 0.6 is 22.6 Å². The first-order chi connectivity index (χ1) is 11.9. The largest absolute Gasteiger partial charge is 0.505 e. The van der Waals surface area contributed by atoms with Crippen molar-refractivity contribution in [3.05, 3.63) is 33.9 Å². The van der Waals surface area contributed by atoms with E-state index in [0.717, 1.165) is 10.9 Å². The first-order valence-electron chi connectivity index (χ1n) is 7.45. The van der Waals surface area contributed by atoms with Crippen molar-refractivity contribution in [3.63, 3.8) is 0 Å². The summed E-state index contributed by atoms with van der Waals surface area (Å²) < 4.78 is 13.4. The van der Waals surface area contributed by atoms with Gasteiger partial charge in [0.05, 0.1) is 24.5 Å². The number of ether oxygens (including phenoxy) is 2. The van der Waals surface area contributed by atoms with E-state index in [1.54, 1.807) is 23.9 Å². The van der Waals surface area contributed by atoms with Gasteiger partial charge < -0.3 is 24.1 Å². The second-order valence-electron chi connectivity index (χ2n) is 5.43. The van der Waals surface area contributed by atoms with E-state index in [4.69, 9.17) is 9.47 Å². The lowest BCUT2D eigenvalue weighted by molar-refractivity contribution is 0.208. The third-order valence-electron chi connectivity index (χ3n) is 3.88. The Kier molecular flexibility index (Phi) is 5.11. The Balaban J connectivity index is 1.91. The van der Waals surface area contributed by atoms with Crippen LogP contribution in [0, 0.1) is 3.57 Å². The van der Waals surface area contributed by atoms with Crippen LogP contribution in [0.5, 0.6) is 11.8 Å². The average Bonchev–Trinajstić information content (AvgIpc) is 2.93. The van der Waals surface area contributed by atoms with E-state index >= 15 is 0 Å². The molecule has 1 unspecified atom stereocenters. The third kappa shape index (κ3) is 3.41. The van der Waals surface area contributed by atoms with E-state index < -0.39 is 7.12 Å². The molecule has 0 fully saturated rings. The lowest BCUT2D eigenvalue weighted by Gasteiger charge is -2.15. The predicted octanol–water partition coefficient (Wildman–Crippen LogP) is 0.796. The number of fused-ring (bicyclic) bond motifs is 1. The van der Waals surface area contributed by atoms with Crippen LogP contribution in [0.1, 0.15) is 18.7 Å². The molecule has 1 atom stereocenters. The highest BCUT2D eigenvalue weighted by molar-refractivity contribution is 14.1. The van der Waals surface area contributed by atoms with Crippen molar-refractivity contribution in [2.75, 3.05) is 7.11 Å². The Bertz CT molecular complexity index is 918. The molecule has 8 nitrogen and oxygen atoms in total. The summed E-state index contributed by atoms with van der Waals surface area (Å²) in [5, 5.41) is 19.7. The molecule has 0 aliphatic carbocycles. The standard InChI is InChI=1S/C15H16BIN4O4/c1-8(25-15-13(17)14(24-3)19-7-20-15)10-4-9-5-12(16(22)23)21(2)11(9)6-18-10/h4-8,22-23H,1-3H3. The van der Waals surface area contributed by atoms with Crippen LogP contribution in [0.4, 0.5) is 0 Å². The third-order valence-corrected chi connectivity index (χ3v) is 4.80. The number of aromatic nitrogens is 4. The fourth-order valence-electron chi connectivity index (χ4n) is 2.53. The van der Waals surface area contributed by atoms with Gasteiger partial charge in [0.25, 0.3) is 0 Å². The molecule has 0 radical (unpaired) electrons. The minimum atomic E-state index is -1.54. The molecule has 0 saturated carbocycles. The SMILES string of the molecule is COc1ncnc(OC(C)c2cc3cc(B(O)O)n(C)c3cn2)c1I. The smallest absolute Gasteiger partial charge is 0.480 e. The van der Waals surface area contributed by atoms with Gasteiger partial charge in [-0.2, -0.15) is 0 Å². The first-order valence-corrected chi connectivity index (χ1v) is 8.52. The average molecular weight is 454 g/mol. The molecule has 10 heteroatoms. The zero-order valence-electron chi connectivity index (χ0n) is 13.8. The van der Waals surface area contributed by atoms with Crippen LogP contribution in [0.25, 0.3) is 10.9 Å². The highest BCUT2D eigenvalue weighted by atomic mass is 127. The second-order valence-corrected chi connectivity index (χ2v) is 6.51. The molecule has 0 amide bonds. The number of nitrogens with zero attached hydrogens (tertiary/aromatic N) is 4. The minimum Gasteiger partial charge on any atom is -0.480 e. The number of rotatable bonds is 5. The fourth-order valence-corrected chi connectivity index (χ4v) is 3.16. The van der Waals surface area contributed by atoms with E-state index in [1.165, 1.54) is 13.4 Å². The van der Waals surface area contributed by atoms with Crippen LogP contribution in [0.15, 0.2) is 24.7 Å². The van der Waals surface area contributed by atoms with Crippen LogP contribution < -0.4 is 15.1 Å². The van der Waals surface area contributed by atoms with Gasteiger partial charge in [-0.05, 0) is 41.6 Å². The maximum Gasteiger partial charge on any atom is 0.505 e. The highest BCUT2D eigenvalue weighted by Gasteiger charge is 2.20. The molecule has 0 aliphatic heterocycles. The molecule has 25 heavy (non-hydrogen) atoms. The zero-order chi connectivity index (χ0) is 18.1. The van der Waals surface area contributed by atoms with Crippen molar-refractivity contribution in [3.8, 4) is 11.8 Å². The summed E-state index contributed by atoms with van der Waals surface area (Å²) >= 11 is 2.07. The highest BCUT2D eigenvalue weighted by Crippen LogP contribution is 2.29. The summed E-state index contributed by atoms with van der Waals surface area (Å²) in [6.07, 6.45) is 2.70. The number of hydrogen-bond donors (Lipinski definition) is 2. The summed E-state index contributed by atoms with van der Waals surface area (Å²) in [4.78, 5) is 12.6. The number of halogens is 1. The van der Waals surface area contributed by atoms with Crippen molar-refractivity contribution in [2.24, 2.45) is 7.05 Å². The summed E-state index contributed by atoms with van der Waals surface area (Å²) in [5.74, 6) is 0.868. The molecular weight excluding hydrogens is 438 g/mol. The van der Waals surface area contributed by atoms with E-state index in [0.29, 0.717) is 26.6 Å². The topological polar surface area (TPSA) is 103 Å². The van der Waals surface area contributed by atoms with E-state index in [9.17, 15) is 10.0 Å². The summed E-state index contributed by atoms with van der Waals surface area (Å²) in [7, 11) is 1.76. The van der Waals surface area contributed by atoms with Crippen molar-refractivity contribution in [2.45, 2.75) is 13.0 Å². The Hall–Kier alpha value is -1.92. The molecule has 3 heterocycles. The van der Waals surface area contributed by atoms with Crippen LogP contribution in [0.3, 0.4) is 0 Å². The number of pyridine rings is 1. The van der Waals surface area contributed by atoms with Gasteiger partial charge in [0.2, 0.25) is 11.8 Å². The van der Waals surface area contributed by atoms with Gasteiger partial charge in [-0.1, -0.05) is 0 Å². The van der Waals surface area contributed by atoms with Crippen molar-refractivity contribution in [1.82, 2.24) is 19.5 Å². The number of methoxy groups -OCH3 is 1. The normalized spacial score (nSPS) is 12.2. The molecule has 0 saturated heterocycles. The van der Waals surface area contributed by atoms with Gasteiger partial charge in [0.15, 0.2) is 0 Å². The van der Waals surface area contributed by atoms with Gasteiger partial charge in [-0.15, -0.1) is 0 Å². The van der Waals surface area contributed by atoms with Crippen LogP contribution in [-0.4, -0.2) is 43.8 Å². The molecule has 130 valence electrons. The van der Waals surface area contributed by atoms with Crippen molar-refractivity contribution in [1.29, 1.82) is 0 Å². The lowest BCUT2D eigenvalue weighted by Crippen LogP contribution is -2.34. The summed E-state index contributed by atoms with van der Waals surface area (Å²) in [6.45, 7) is 1.86. The van der Waals surface area contributed by atoms with Crippen LogP contribution in [-0.2, 0) is 7.05 Å². The van der Waals surface area contributed by atoms with E-state index in [-0.39, 0.29) is 6.10 Å². The van der Waals surface area contributed by atoms with Crippen LogP contribution in [0.2, 0.25) is 0 Å². The Labute approximate surface area is 158 Å². The Morgan fingerprint density at radius 1 is 1.20 bits per heavy atom. The van der Waals surface area contributed by atoms with Gasteiger partial charge in [-0.3, -0.25) is 4.98 Å². The maximum absolute atomic E-state index is 9.42. The van der Waals surface area contributed by atoms with E-state index in [2.05, 4.69) is 37.5 Å². The fraction of sp³-hybridized carbons (Fsp3) is 0.267. The molecule has 3 aromatic heterocycles. The monoisotopic (exact) mass is 454 g/mol. The second kappa shape index (κ2) is 7.14. The van der Waals surface area contributed by atoms with Crippen molar-refractivity contribution >= 4 is 46.2 Å². The predicted molar refractivity (Wildman–Crippen MR) is 101 cm³/mol. The van der Waals surface area contributed by atoms with Gasteiger partial charge in [-0.25, -0.2) is 9.97 Å². The number of aryl methyl sites for hydroxylation is 1. The molecule has 0 aromatic carbocycles. The lowest BCUT2D eigenvalue weighted by atomic mass is 9.86. The molecule has 3 rings (SSSR count). The minimum absolute atomic E-state index is 0.361. The number of hydrogen-bond acceptors (Lipinski definition) is 7. The summed E-state index contributed by atoms with van der Waals surface area (Å²) in [5.41, 5.74) is 1.90. The molecule has 0 bridgehead atoms. The van der Waals surface area contributed by atoms with Gasteiger partial charge >= 0.3 is 7.12 Å².